The van der Waals surface area contributed by atoms with Crippen LogP contribution in [-0.4, -0.2) is 23.3 Å². The largest absolute Gasteiger partial charge is 0.451 e. The van der Waals surface area contributed by atoms with Gasteiger partial charge in [0.25, 0.3) is 5.69 Å². The molecule has 0 spiro atoms. The Morgan fingerprint density at radius 3 is 2.58 bits per heavy atom. The number of benzene rings is 2. The molecular formula is C19H15NO6. The van der Waals surface area contributed by atoms with Crippen molar-refractivity contribution >= 4 is 28.4 Å². The summed E-state index contributed by atoms with van der Waals surface area (Å²) in [6.45, 7) is 2.78. The second-order valence-corrected chi connectivity index (χ2v) is 5.81. The molecule has 0 aliphatic heterocycles. The highest BCUT2D eigenvalue weighted by Crippen LogP contribution is 2.25. The number of hydrogen-bond acceptors (Lipinski definition) is 6. The summed E-state index contributed by atoms with van der Waals surface area (Å²) in [6, 6.07) is 11.3. The molecule has 3 rings (SSSR count). The van der Waals surface area contributed by atoms with Crippen LogP contribution in [0.15, 0.2) is 46.9 Å². The molecule has 2 aromatic carbocycles. The van der Waals surface area contributed by atoms with Crippen LogP contribution in [0.3, 0.4) is 0 Å². The van der Waals surface area contributed by atoms with E-state index in [1.807, 2.05) is 12.1 Å². The minimum atomic E-state index is -0.756. The lowest BCUT2D eigenvalue weighted by atomic mass is 10.1. The quantitative estimate of drug-likeness (QED) is 0.297. The molecule has 0 fully saturated rings. The second kappa shape index (κ2) is 6.79. The molecule has 1 heterocycles. The van der Waals surface area contributed by atoms with Crippen molar-refractivity contribution in [2.24, 2.45) is 0 Å². The predicted octanol–water partition coefficient (Wildman–Crippen LogP) is 4.00. The number of nitrogens with zero attached hydrogens (tertiary/aromatic N) is 1. The molecule has 0 saturated carbocycles. The molecule has 0 saturated heterocycles. The Hall–Kier alpha value is -3.48. The van der Waals surface area contributed by atoms with Gasteiger partial charge in [-0.05, 0) is 19.9 Å². The summed E-state index contributed by atoms with van der Waals surface area (Å²) < 4.78 is 10.5. The number of ether oxygens (including phenoxy) is 1. The van der Waals surface area contributed by atoms with Gasteiger partial charge >= 0.3 is 5.97 Å². The van der Waals surface area contributed by atoms with Crippen molar-refractivity contribution in [3.8, 4) is 0 Å². The van der Waals surface area contributed by atoms with Gasteiger partial charge in [0, 0.05) is 28.1 Å². The van der Waals surface area contributed by atoms with E-state index >= 15 is 0 Å². The van der Waals surface area contributed by atoms with Crippen LogP contribution in [0.5, 0.6) is 0 Å². The fraction of sp³-hybridized carbons (Fsp3) is 0.158. The van der Waals surface area contributed by atoms with Gasteiger partial charge in [-0.3, -0.25) is 14.9 Å². The Labute approximate surface area is 148 Å². The fourth-order valence-electron chi connectivity index (χ4n) is 2.63. The van der Waals surface area contributed by atoms with Crippen LogP contribution in [0, 0.1) is 24.0 Å². The van der Waals surface area contributed by atoms with Gasteiger partial charge < -0.3 is 9.15 Å². The first-order valence-electron chi connectivity index (χ1n) is 7.82. The number of ketones is 1. The van der Waals surface area contributed by atoms with E-state index in [1.54, 1.807) is 26.0 Å². The average Bonchev–Trinajstić information content (AvgIpc) is 2.97. The zero-order valence-electron chi connectivity index (χ0n) is 14.1. The average molecular weight is 353 g/mol. The first kappa shape index (κ1) is 17.3. The Kier molecular flexibility index (Phi) is 4.53. The number of nitro groups is 1. The van der Waals surface area contributed by atoms with Crippen molar-refractivity contribution in [3.63, 3.8) is 0 Å². The maximum absolute atomic E-state index is 12.2. The van der Waals surface area contributed by atoms with Gasteiger partial charge in [-0.1, -0.05) is 30.3 Å². The van der Waals surface area contributed by atoms with Crippen LogP contribution in [-0.2, 0) is 4.74 Å². The van der Waals surface area contributed by atoms with Gasteiger partial charge in [0.2, 0.25) is 11.5 Å². The maximum atomic E-state index is 12.2. The number of Topliss-reactive ketones (excluding diaryl/α,β-unsaturated/α-hetero) is 1. The van der Waals surface area contributed by atoms with E-state index in [0.29, 0.717) is 16.7 Å². The number of para-hydroxylation sites is 1. The third-order valence-corrected chi connectivity index (χ3v) is 4.09. The van der Waals surface area contributed by atoms with E-state index in [4.69, 9.17) is 9.15 Å². The monoisotopic (exact) mass is 353 g/mol. The highest BCUT2D eigenvalue weighted by atomic mass is 16.6. The van der Waals surface area contributed by atoms with Gasteiger partial charge in [-0.25, -0.2) is 4.79 Å². The number of furan rings is 1. The molecule has 0 atom stereocenters. The first-order chi connectivity index (χ1) is 12.4. The van der Waals surface area contributed by atoms with Gasteiger partial charge in [-0.2, -0.15) is 0 Å². The van der Waals surface area contributed by atoms with E-state index in [-0.39, 0.29) is 17.0 Å². The number of carbonyl (C=O) groups excluding carboxylic acids is 2. The molecule has 0 bridgehead atoms. The zero-order chi connectivity index (χ0) is 18.8. The number of esters is 1. The predicted molar refractivity (Wildman–Crippen MR) is 93.4 cm³/mol. The van der Waals surface area contributed by atoms with Crippen molar-refractivity contribution < 1.29 is 23.7 Å². The molecule has 1 aromatic heterocycles. The van der Waals surface area contributed by atoms with E-state index in [0.717, 1.165) is 5.39 Å². The number of nitro benzene ring substituents is 1. The van der Waals surface area contributed by atoms with Crippen LogP contribution in [0.4, 0.5) is 5.69 Å². The topological polar surface area (TPSA) is 99.7 Å². The Bertz CT molecular complexity index is 1030. The van der Waals surface area contributed by atoms with Crippen molar-refractivity contribution in [1.82, 2.24) is 0 Å². The Balaban J connectivity index is 1.75. The summed E-state index contributed by atoms with van der Waals surface area (Å²) in [4.78, 5) is 34.8. The molecule has 0 unspecified atom stereocenters. The molecule has 132 valence electrons. The molecule has 0 aliphatic rings. The van der Waals surface area contributed by atoms with Crippen LogP contribution in [0.2, 0.25) is 0 Å². The van der Waals surface area contributed by atoms with Gasteiger partial charge in [0.05, 0.1) is 4.92 Å². The maximum Gasteiger partial charge on any atom is 0.375 e. The van der Waals surface area contributed by atoms with E-state index < -0.39 is 23.3 Å². The molecule has 0 amide bonds. The van der Waals surface area contributed by atoms with Gasteiger partial charge in [0.1, 0.15) is 5.58 Å². The van der Waals surface area contributed by atoms with Crippen LogP contribution >= 0.6 is 0 Å². The van der Waals surface area contributed by atoms with Crippen LogP contribution < -0.4 is 0 Å². The summed E-state index contributed by atoms with van der Waals surface area (Å²) >= 11 is 0. The normalized spacial score (nSPS) is 10.7. The summed E-state index contributed by atoms with van der Waals surface area (Å²) in [5, 5.41) is 11.8. The lowest BCUT2D eigenvalue weighted by Gasteiger charge is -2.04. The SMILES string of the molecule is Cc1ccc(C(=O)COC(=O)c2oc3ccccc3c2C)cc1[N+](=O)[O-]. The van der Waals surface area contributed by atoms with Gasteiger partial charge in [-0.15, -0.1) is 0 Å². The number of fused-ring (bicyclic) bond motifs is 1. The number of hydrogen-bond donors (Lipinski definition) is 0. The summed E-state index contributed by atoms with van der Waals surface area (Å²) in [7, 11) is 0. The van der Waals surface area contributed by atoms with E-state index in [1.165, 1.54) is 18.2 Å². The smallest absolute Gasteiger partial charge is 0.375 e. The second-order valence-electron chi connectivity index (χ2n) is 5.81. The highest BCUT2D eigenvalue weighted by Gasteiger charge is 2.21. The standard InChI is InChI=1S/C19H15NO6/c1-11-7-8-13(9-15(11)20(23)24)16(21)10-25-19(22)18-12(2)14-5-3-4-6-17(14)26-18/h3-9H,10H2,1-2H3. The molecule has 0 N–H and O–H groups in total. The third kappa shape index (κ3) is 3.19. The number of rotatable bonds is 5. The summed E-state index contributed by atoms with van der Waals surface area (Å²) in [5.74, 6) is -1.25. The number of aryl methyl sites for hydroxylation is 2. The summed E-state index contributed by atoms with van der Waals surface area (Å²) in [5.41, 5.74) is 1.58. The zero-order valence-corrected chi connectivity index (χ0v) is 14.1. The molecule has 26 heavy (non-hydrogen) atoms. The Morgan fingerprint density at radius 2 is 1.88 bits per heavy atom. The first-order valence-corrected chi connectivity index (χ1v) is 7.82. The lowest BCUT2D eigenvalue weighted by Crippen LogP contribution is -2.14. The highest BCUT2D eigenvalue weighted by molar-refractivity contribution is 6.01. The van der Waals surface area contributed by atoms with Crippen molar-refractivity contribution in [2.75, 3.05) is 6.61 Å². The minimum Gasteiger partial charge on any atom is -0.451 e. The summed E-state index contributed by atoms with van der Waals surface area (Å²) in [6.07, 6.45) is 0. The van der Waals surface area contributed by atoms with Crippen LogP contribution in [0.25, 0.3) is 11.0 Å². The van der Waals surface area contributed by atoms with E-state index in [9.17, 15) is 19.7 Å². The van der Waals surface area contributed by atoms with Gasteiger partial charge in [0.15, 0.2) is 6.61 Å². The van der Waals surface area contributed by atoms with Crippen molar-refractivity contribution in [3.05, 3.63) is 75.0 Å². The molecule has 7 nitrogen and oxygen atoms in total. The lowest BCUT2D eigenvalue weighted by molar-refractivity contribution is -0.385. The van der Waals surface area contributed by atoms with Crippen molar-refractivity contribution in [1.29, 1.82) is 0 Å². The third-order valence-electron chi connectivity index (χ3n) is 4.09. The fourth-order valence-corrected chi connectivity index (χ4v) is 2.63. The van der Waals surface area contributed by atoms with Crippen LogP contribution in [0.1, 0.15) is 32.0 Å². The molecule has 0 radical (unpaired) electrons. The Morgan fingerprint density at radius 1 is 1.15 bits per heavy atom. The number of carbonyl (C=O) groups is 2. The molecule has 7 heteroatoms. The van der Waals surface area contributed by atoms with E-state index in [2.05, 4.69) is 0 Å². The minimum absolute atomic E-state index is 0.0360. The molecular weight excluding hydrogens is 338 g/mol. The molecule has 0 aliphatic carbocycles. The molecule has 3 aromatic rings. The van der Waals surface area contributed by atoms with Crippen molar-refractivity contribution in [2.45, 2.75) is 13.8 Å².